The topological polar surface area (TPSA) is 64.6 Å². The van der Waals surface area contributed by atoms with Crippen molar-refractivity contribution in [2.24, 2.45) is 0 Å². The van der Waals surface area contributed by atoms with Gasteiger partial charge >= 0.3 is 5.97 Å². The zero-order valence-corrected chi connectivity index (χ0v) is 15.1. The van der Waals surface area contributed by atoms with Gasteiger partial charge in [0.2, 0.25) is 0 Å². The van der Waals surface area contributed by atoms with Crippen LogP contribution in [0.5, 0.6) is 5.75 Å². The van der Waals surface area contributed by atoms with Crippen LogP contribution in [0.1, 0.15) is 16.7 Å². The van der Waals surface area contributed by atoms with Gasteiger partial charge < -0.3 is 14.8 Å². The fourth-order valence-electron chi connectivity index (χ4n) is 2.16. The third-order valence-corrected chi connectivity index (χ3v) is 3.96. The normalized spacial score (nSPS) is 10.2. The smallest absolute Gasteiger partial charge is 0.344 e. The van der Waals surface area contributed by atoms with Crippen molar-refractivity contribution in [2.75, 3.05) is 18.5 Å². The van der Waals surface area contributed by atoms with E-state index in [0.29, 0.717) is 16.5 Å². The first-order valence-corrected chi connectivity index (χ1v) is 8.15. The monoisotopic (exact) mass is 361 g/mol. The second kappa shape index (κ2) is 8.53. The third kappa shape index (κ3) is 5.50. The molecule has 2 rings (SSSR count). The first-order chi connectivity index (χ1) is 11.9. The molecule has 0 fully saturated rings. The van der Waals surface area contributed by atoms with Crippen molar-refractivity contribution in [3.63, 3.8) is 0 Å². The molecule has 0 aliphatic heterocycles. The molecule has 0 saturated heterocycles. The number of ether oxygens (including phenoxy) is 2. The summed E-state index contributed by atoms with van der Waals surface area (Å²) in [5, 5.41) is 3.26. The SMILES string of the molecule is Cc1cc(Cl)ccc1NC(=O)COC(=O)COc1cccc(C)c1C. The summed E-state index contributed by atoms with van der Waals surface area (Å²) >= 11 is 5.87. The molecule has 6 heteroatoms. The second-order valence-corrected chi connectivity index (χ2v) is 6.09. The molecule has 25 heavy (non-hydrogen) atoms. The van der Waals surface area contributed by atoms with Gasteiger partial charge in [0.05, 0.1) is 0 Å². The Morgan fingerprint density at radius 1 is 1.04 bits per heavy atom. The van der Waals surface area contributed by atoms with Crippen LogP contribution in [0.2, 0.25) is 5.02 Å². The third-order valence-electron chi connectivity index (χ3n) is 3.73. The Morgan fingerprint density at radius 2 is 1.80 bits per heavy atom. The number of anilines is 1. The maximum atomic E-state index is 11.9. The largest absolute Gasteiger partial charge is 0.482 e. The number of carbonyl (C=O) groups excluding carboxylic acids is 2. The fraction of sp³-hybridized carbons (Fsp3) is 0.263. The second-order valence-electron chi connectivity index (χ2n) is 5.65. The number of carbonyl (C=O) groups is 2. The molecule has 0 spiro atoms. The van der Waals surface area contributed by atoms with Gasteiger partial charge in [-0.1, -0.05) is 23.7 Å². The van der Waals surface area contributed by atoms with E-state index in [1.165, 1.54) is 0 Å². The summed E-state index contributed by atoms with van der Waals surface area (Å²) in [6, 6.07) is 10.7. The molecule has 2 aromatic carbocycles. The quantitative estimate of drug-likeness (QED) is 0.794. The van der Waals surface area contributed by atoms with Gasteiger partial charge in [0.1, 0.15) is 5.75 Å². The summed E-state index contributed by atoms with van der Waals surface area (Å²) in [4.78, 5) is 23.6. The molecule has 0 bridgehead atoms. The molecular formula is C19H20ClNO4. The molecule has 0 aliphatic rings. The predicted octanol–water partition coefficient (Wildman–Crippen LogP) is 3.83. The number of hydrogen-bond acceptors (Lipinski definition) is 4. The van der Waals surface area contributed by atoms with Crippen LogP contribution in [-0.2, 0) is 14.3 Å². The van der Waals surface area contributed by atoms with E-state index in [9.17, 15) is 9.59 Å². The number of hydrogen-bond donors (Lipinski definition) is 1. The Morgan fingerprint density at radius 3 is 2.52 bits per heavy atom. The van der Waals surface area contributed by atoms with E-state index < -0.39 is 11.9 Å². The molecule has 1 amide bonds. The highest BCUT2D eigenvalue weighted by molar-refractivity contribution is 6.30. The average Bonchev–Trinajstić information content (AvgIpc) is 2.57. The van der Waals surface area contributed by atoms with Crippen molar-refractivity contribution in [2.45, 2.75) is 20.8 Å². The van der Waals surface area contributed by atoms with Crippen molar-refractivity contribution in [1.82, 2.24) is 0 Å². The van der Waals surface area contributed by atoms with Crippen LogP contribution in [0.3, 0.4) is 0 Å². The Bertz CT molecular complexity index is 789. The van der Waals surface area contributed by atoms with Crippen LogP contribution >= 0.6 is 11.6 Å². The number of aryl methyl sites for hydroxylation is 2. The average molecular weight is 362 g/mol. The highest BCUT2D eigenvalue weighted by Gasteiger charge is 2.11. The van der Waals surface area contributed by atoms with Crippen LogP contribution in [0.15, 0.2) is 36.4 Å². The van der Waals surface area contributed by atoms with Gasteiger partial charge in [-0.3, -0.25) is 4.79 Å². The fourth-order valence-corrected chi connectivity index (χ4v) is 2.39. The van der Waals surface area contributed by atoms with E-state index in [2.05, 4.69) is 5.32 Å². The van der Waals surface area contributed by atoms with Gasteiger partial charge in [-0.25, -0.2) is 4.79 Å². The molecule has 0 radical (unpaired) electrons. The molecule has 5 nitrogen and oxygen atoms in total. The van der Waals surface area contributed by atoms with Crippen molar-refractivity contribution >= 4 is 29.2 Å². The number of halogens is 1. The Kier molecular flexibility index (Phi) is 6.42. The maximum Gasteiger partial charge on any atom is 0.344 e. The van der Waals surface area contributed by atoms with Crippen LogP contribution in [0, 0.1) is 20.8 Å². The van der Waals surface area contributed by atoms with Gasteiger partial charge in [0.15, 0.2) is 13.2 Å². The first-order valence-electron chi connectivity index (χ1n) is 7.77. The Labute approximate surface area is 151 Å². The van der Waals surface area contributed by atoms with Crippen molar-refractivity contribution < 1.29 is 19.1 Å². The molecule has 1 N–H and O–H groups in total. The summed E-state index contributed by atoms with van der Waals surface area (Å²) in [5.74, 6) is -0.410. The molecule has 0 saturated carbocycles. The number of amides is 1. The molecule has 132 valence electrons. The van der Waals surface area contributed by atoms with E-state index in [1.807, 2.05) is 32.9 Å². The zero-order chi connectivity index (χ0) is 18.4. The van der Waals surface area contributed by atoms with E-state index in [0.717, 1.165) is 16.7 Å². The molecule has 0 atom stereocenters. The lowest BCUT2D eigenvalue weighted by atomic mass is 10.1. The van der Waals surface area contributed by atoms with E-state index in [-0.39, 0.29) is 13.2 Å². The van der Waals surface area contributed by atoms with Gasteiger partial charge in [0, 0.05) is 10.7 Å². The zero-order valence-electron chi connectivity index (χ0n) is 14.4. The summed E-state index contributed by atoms with van der Waals surface area (Å²) in [6.07, 6.45) is 0. The minimum absolute atomic E-state index is 0.252. The molecular weight excluding hydrogens is 342 g/mol. The van der Waals surface area contributed by atoms with Crippen LogP contribution < -0.4 is 10.1 Å². The summed E-state index contributed by atoms with van der Waals surface area (Å²) < 4.78 is 10.4. The van der Waals surface area contributed by atoms with Crippen LogP contribution in [-0.4, -0.2) is 25.1 Å². The van der Waals surface area contributed by atoms with Gasteiger partial charge in [-0.15, -0.1) is 0 Å². The number of nitrogens with one attached hydrogen (secondary N) is 1. The van der Waals surface area contributed by atoms with Crippen molar-refractivity contribution in [1.29, 1.82) is 0 Å². The summed E-state index contributed by atoms with van der Waals surface area (Å²) in [6.45, 7) is 5.07. The first kappa shape index (κ1) is 18.8. The lowest BCUT2D eigenvalue weighted by molar-refractivity contribution is -0.149. The number of rotatable bonds is 6. The van der Waals surface area contributed by atoms with E-state index in [4.69, 9.17) is 21.1 Å². The highest BCUT2D eigenvalue weighted by atomic mass is 35.5. The Balaban J connectivity index is 1.79. The lowest BCUT2D eigenvalue weighted by Gasteiger charge is -2.11. The number of benzene rings is 2. The predicted molar refractivity (Wildman–Crippen MR) is 97.2 cm³/mol. The molecule has 2 aromatic rings. The Hall–Kier alpha value is -2.53. The van der Waals surface area contributed by atoms with Crippen LogP contribution in [0.4, 0.5) is 5.69 Å². The van der Waals surface area contributed by atoms with Gasteiger partial charge in [-0.05, 0) is 61.7 Å². The maximum absolute atomic E-state index is 11.9. The molecule has 0 heterocycles. The highest BCUT2D eigenvalue weighted by Crippen LogP contribution is 2.21. The minimum Gasteiger partial charge on any atom is -0.482 e. The van der Waals surface area contributed by atoms with E-state index >= 15 is 0 Å². The van der Waals surface area contributed by atoms with Crippen LogP contribution in [0.25, 0.3) is 0 Å². The van der Waals surface area contributed by atoms with Crippen molar-refractivity contribution in [3.8, 4) is 5.75 Å². The number of esters is 1. The molecule has 0 unspecified atom stereocenters. The molecule has 0 aromatic heterocycles. The summed E-state index contributed by atoms with van der Waals surface area (Å²) in [7, 11) is 0. The van der Waals surface area contributed by atoms with E-state index in [1.54, 1.807) is 24.3 Å². The van der Waals surface area contributed by atoms with Crippen molar-refractivity contribution in [3.05, 3.63) is 58.1 Å². The standard InChI is InChI=1S/C19H20ClNO4/c1-12-5-4-6-17(14(12)3)24-11-19(23)25-10-18(22)21-16-8-7-15(20)9-13(16)2/h4-9H,10-11H2,1-3H3,(H,21,22). The van der Waals surface area contributed by atoms with Gasteiger partial charge in [-0.2, -0.15) is 0 Å². The summed E-state index contributed by atoms with van der Waals surface area (Å²) in [5.41, 5.74) is 3.48. The van der Waals surface area contributed by atoms with Gasteiger partial charge in [0.25, 0.3) is 5.91 Å². The molecule has 0 aliphatic carbocycles. The lowest BCUT2D eigenvalue weighted by Crippen LogP contribution is -2.24. The minimum atomic E-state index is -0.608.